The molecule has 1 aromatic carbocycles. The average Bonchev–Trinajstić information content (AvgIpc) is 3.56. The fraction of sp³-hybridized carbons (Fsp3) is 0.292. The second kappa shape index (κ2) is 10.1. The first-order chi connectivity index (χ1) is 16.0. The van der Waals surface area contributed by atoms with Gasteiger partial charge >= 0.3 is 0 Å². The molecule has 172 valence electrons. The Morgan fingerprint density at radius 2 is 2.03 bits per heavy atom. The molecule has 0 bridgehead atoms. The molecule has 2 amide bonds. The van der Waals surface area contributed by atoms with Crippen molar-refractivity contribution in [2.24, 2.45) is 12.1 Å². The Balaban J connectivity index is 1.61. The van der Waals surface area contributed by atoms with Gasteiger partial charge in [0.2, 0.25) is 0 Å². The number of thiophene rings is 1. The summed E-state index contributed by atoms with van der Waals surface area (Å²) in [4.78, 5) is 28.8. The molecule has 3 aromatic rings. The number of carbonyl (C=O) groups excluding carboxylic acids is 2. The molecule has 0 aliphatic carbocycles. The summed E-state index contributed by atoms with van der Waals surface area (Å²) in [5.74, 6) is -1.53. The van der Waals surface area contributed by atoms with E-state index < -0.39 is 11.7 Å². The molecule has 7 nitrogen and oxygen atoms in total. The molecule has 0 saturated carbocycles. The Labute approximate surface area is 195 Å². The summed E-state index contributed by atoms with van der Waals surface area (Å²) in [6.45, 7) is 0.136. The summed E-state index contributed by atoms with van der Waals surface area (Å²) in [6.07, 6.45) is 2.50. The molecule has 0 fully saturated rings. The van der Waals surface area contributed by atoms with E-state index in [4.69, 9.17) is 4.74 Å². The number of benzene rings is 1. The third kappa shape index (κ3) is 4.89. The molecule has 4 rings (SSSR count). The van der Waals surface area contributed by atoms with Crippen LogP contribution in [0.15, 0.2) is 65.2 Å². The minimum Gasteiger partial charge on any atom is -0.383 e. The van der Waals surface area contributed by atoms with Gasteiger partial charge < -0.3 is 14.2 Å². The van der Waals surface area contributed by atoms with Crippen molar-refractivity contribution in [1.82, 2.24) is 14.5 Å². The summed E-state index contributed by atoms with van der Waals surface area (Å²) in [7, 11) is 3.44. The van der Waals surface area contributed by atoms with Crippen LogP contribution in [0.5, 0.6) is 0 Å². The van der Waals surface area contributed by atoms with Crippen molar-refractivity contribution < 1.29 is 18.7 Å². The lowest BCUT2D eigenvalue weighted by Crippen LogP contribution is -2.43. The third-order valence-electron chi connectivity index (χ3n) is 5.58. The molecule has 0 radical (unpaired) electrons. The highest BCUT2D eigenvalue weighted by Gasteiger charge is 2.36. The van der Waals surface area contributed by atoms with Crippen LogP contribution in [-0.4, -0.2) is 58.8 Å². The summed E-state index contributed by atoms with van der Waals surface area (Å²) in [5.41, 5.74) is 1.69. The molecule has 3 heterocycles. The van der Waals surface area contributed by atoms with Crippen molar-refractivity contribution in [2.45, 2.75) is 12.5 Å². The molecule has 1 aliphatic heterocycles. The number of carbonyl (C=O) groups is 2. The first-order valence-corrected chi connectivity index (χ1v) is 11.4. The summed E-state index contributed by atoms with van der Waals surface area (Å²) in [5, 5.41) is 8.07. The maximum atomic E-state index is 14.3. The molecule has 0 unspecified atom stereocenters. The van der Waals surface area contributed by atoms with E-state index in [0.717, 1.165) is 16.3 Å². The SMILES string of the molecule is COCCN(CC(=O)N1N=C(c2cccs2)C[C@@H]1c1cccn1C)C(=O)c1ccccc1F. The number of hydrogen-bond acceptors (Lipinski definition) is 5. The van der Waals surface area contributed by atoms with E-state index in [-0.39, 0.29) is 37.2 Å². The second-order valence-electron chi connectivity index (χ2n) is 7.73. The van der Waals surface area contributed by atoms with Crippen LogP contribution in [0.4, 0.5) is 4.39 Å². The number of amides is 2. The van der Waals surface area contributed by atoms with E-state index in [1.165, 1.54) is 35.2 Å². The van der Waals surface area contributed by atoms with Crippen LogP contribution in [0.1, 0.15) is 33.4 Å². The van der Waals surface area contributed by atoms with Gasteiger partial charge in [-0.3, -0.25) is 9.59 Å². The molecule has 0 saturated heterocycles. The number of aromatic nitrogens is 1. The van der Waals surface area contributed by atoms with Gasteiger partial charge in [0.1, 0.15) is 18.4 Å². The Morgan fingerprint density at radius 1 is 1.21 bits per heavy atom. The topological polar surface area (TPSA) is 67.1 Å². The summed E-state index contributed by atoms with van der Waals surface area (Å²) >= 11 is 1.57. The zero-order valence-electron chi connectivity index (χ0n) is 18.5. The van der Waals surface area contributed by atoms with E-state index >= 15 is 0 Å². The van der Waals surface area contributed by atoms with Crippen molar-refractivity contribution in [1.29, 1.82) is 0 Å². The van der Waals surface area contributed by atoms with Crippen LogP contribution in [0.2, 0.25) is 0 Å². The van der Waals surface area contributed by atoms with E-state index in [1.807, 2.05) is 47.5 Å². The maximum absolute atomic E-state index is 14.3. The van der Waals surface area contributed by atoms with E-state index in [1.54, 1.807) is 17.4 Å². The van der Waals surface area contributed by atoms with Crippen molar-refractivity contribution >= 4 is 28.9 Å². The van der Waals surface area contributed by atoms with Crippen LogP contribution in [0.3, 0.4) is 0 Å². The number of hydrogen-bond donors (Lipinski definition) is 0. The molecule has 2 aromatic heterocycles. The molecule has 9 heteroatoms. The van der Waals surface area contributed by atoms with Crippen LogP contribution in [-0.2, 0) is 16.6 Å². The number of rotatable bonds is 8. The maximum Gasteiger partial charge on any atom is 0.262 e. The zero-order valence-corrected chi connectivity index (χ0v) is 19.3. The number of aryl methyl sites for hydroxylation is 1. The second-order valence-corrected chi connectivity index (χ2v) is 8.67. The van der Waals surface area contributed by atoms with Gasteiger partial charge in [-0.15, -0.1) is 11.3 Å². The first-order valence-electron chi connectivity index (χ1n) is 10.6. The fourth-order valence-corrected chi connectivity index (χ4v) is 4.60. The Bertz CT molecular complexity index is 1160. The van der Waals surface area contributed by atoms with Gasteiger partial charge in [-0.2, -0.15) is 5.10 Å². The van der Waals surface area contributed by atoms with Crippen LogP contribution < -0.4 is 0 Å². The molecular weight excluding hydrogens is 443 g/mol. The van der Waals surface area contributed by atoms with Crippen LogP contribution >= 0.6 is 11.3 Å². The molecule has 1 atom stereocenters. The van der Waals surface area contributed by atoms with Crippen LogP contribution in [0, 0.1) is 5.82 Å². The Hall–Kier alpha value is -3.30. The highest BCUT2D eigenvalue weighted by molar-refractivity contribution is 7.12. The molecule has 0 N–H and O–H groups in total. The zero-order chi connectivity index (χ0) is 23.4. The number of methoxy groups -OCH3 is 1. The fourth-order valence-electron chi connectivity index (χ4n) is 3.88. The molecule has 1 aliphatic rings. The molecule has 33 heavy (non-hydrogen) atoms. The summed E-state index contributed by atoms with van der Waals surface area (Å²) < 4.78 is 21.3. The van der Waals surface area contributed by atoms with Gasteiger partial charge in [-0.05, 0) is 35.7 Å². The number of ether oxygens (including phenoxy) is 1. The molecular formula is C24H25FN4O3S. The average molecular weight is 469 g/mol. The van der Waals surface area contributed by atoms with Gasteiger partial charge in [0.15, 0.2) is 0 Å². The van der Waals surface area contributed by atoms with Crippen molar-refractivity contribution in [2.75, 3.05) is 26.8 Å². The van der Waals surface area contributed by atoms with Gasteiger partial charge in [0.05, 0.1) is 22.8 Å². The lowest BCUT2D eigenvalue weighted by atomic mass is 10.1. The van der Waals surface area contributed by atoms with Crippen molar-refractivity contribution in [3.63, 3.8) is 0 Å². The minimum atomic E-state index is -0.627. The Morgan fingerprint density at radius 3 is 2.70 bits per heavy atom. The monoisotopic (exact) mass is 468 g/mol. The minimum absolute atomic E-state index is 0.0791. The van der Waals surface area contributed by atoms with Crippen LogP contribution in [0.25, 0.3) is 0 Å². The van der Waals surface area contributed by atoms with Crippen molar-refractivity contribution in [3.05, 3.63) is 82.1 Å². The van der Waals surface area contributed by atoms with Crippen molar-refractivity contribution in [3.8, 4) is 0 Å². The van der Waals surface area contributed by atoms with E-state index in [0.29, 0.717) is 6.42 Å². The van der Waals surface area contributed by atoms with Gasteiger partial charge in [0, 0.05) is 39.0 Å². The molecule has 0 spiro atoms. The predicted molar refractivity (Wildman–Crippen MR) is 125 cm³/mol. The lowest BCUT2D eigenvalue weighted by molar-refractivity contribution is -0.134. The predicted octanol–water partition coefficient (Wildman–Crippen LogP) is 3.69. The highest BCUT2D eigenvalue weighted by Crippen LogP contribution is 2.34. The standard InChI is InChI=1S/C24H25FN4O3S/c1-27-11-5-9-20(27)21-15-19(22-10-6-14-33-22)26-29(21)23(30)16-28(12-13-32-2)24(31)17-7-3-4-8-18(17)25/h3-11,14,21H,12-13,15-16H2,1-2H3/t21-/m1/s1. The number of halogens is 1. The smallest absolute Gasteiger partial charge is 0.262 e. The van der Waals surface area contributed by atoms with E-state index in [9.17, 15) is 14.0 Å². The Kier molecular flexibility index (Phi) is 7.00. The quantitative estimate of drug-likeness (QED) is 0.506. The largest absolute Gasteiger partial charge is 0.383 e. The number of nitrogens with zero attached hydrogens (tertiary/aromatic N) is 4. The van der Waals surface area contributed by atoms with Gasteiger partial charge in [0.25, 0.3) is 11.8 Å². The number of hydrazone groups is 1. The summed E-state index contributed by atoms with van der Waals surface area (Å²) in [6, 6.07) is 13.3. The lowest BCUT2D eigenvalue weighted by Gasteiger charge is -2.27. The normalized spacial score (nSPS) is 15.5. The third-order valence-corrected chi connectivity index (χ3v) is 6.50. The van der Waals surface area contributed by atoms with Gasteiger partial charge in [-0.1, -0.05) is 18.2 Å². The first kappa shape index (κ1) is 22.9. The van der Waals surface area contributed by atoms with E-state index in [2.05, 4.69) is 5.10 Å². The van der Waals surface area contributed by atoms with Gasteiger partial charge in [-0.25, -0.2) is 9.40 Å². The highest BCUT2D eigenvalue weighted by atomic mass is 32.1.